The third-order valence-corrected chi connectivity index (χ3v) is 3.54. The number of aliphatic hydroxyl groups excluding tert-OH is 1. The van der Waals surface area contributed by atoms with Gasteiger partial charge in [0.1, 0.15) is 0 Å². The molecule has 19 heavy (non-hydrogen) atoms. The molecule has 2 unspecified atom stereocenters. The first kappa shape index (κ1) is 15.5. The maximum Gasteiger partial charge on any atom is 0.328 e. The molecule has 0 saturated heterocycles. The Morgan fingerprint density at radius 1 is 1.42 bits per heavy atom. The summed E-state index contributed by atoms with van der Waals surface area (Å²) in [5.74, 6) is -1.26. The Morgan fingerprint density at radius 2 is 2.16 bits per heavy atom. The lowest BCUT2D eigenvalue weighted by Crippen LogP contribution is -2.48. The lowest BCUT2D eigenvalue weighted by atomic mass is 10.1. The molecule has 1 aromatic heterocycles. The number of urea groups is 1. The fraction of sp³-hybridized carbons (Fsp3) is 0.500. The highest BCUT2D eigenvalue weighted by molar-refractivity contribution is 7.10. The predicted molar refractivity (Wildman–Crippen MR) is 72.1 cm³/mol. The van der Waals surface area contributed by atoms with Crippen LogP contribution in [0.4, 0.5) is 4.79 Å². The van der Waals surface area contributed by atoms with Crippen LogP contribution in [0.25, 0.3) is 0 Å². The molecule has 106 valence electrons. The first-order valence-corrected chi connectivity index (χ1v) is 6.90. The average molecular weight is 286 g/mol. The van der Waals surface area contributed by atoms with Crippen LogP contribution in [0.3, 0.4) is 0 Å². The number of thiophene rings is 1. The van der Waals surface area contributed by atoms with Gasteiger partial charge >= 0.3 is 12.0 Å². The molecule has 0 aliphatic rings. The van der Waals surface area contributed by atoms with E-state index in [9.17, 15) is 9.59 Å². The molecule has 4 N–H and O–H groups in total. The summed E-state index contributed by atoms with van der Waals surface area (Å²) in [5.41, 5.74) is 0. The van der Waals surface area contributed by atoms with Gasteiger partial charge in [0, 0.05) is 4.88 Å². The van der Waals surface area contributed by atoms with Gasteiger partial charge in [-0.3, -0.25) is 0 Å². The number of carboxylic acid groups (broad SMARTS) is 1. The van der Waals surface area contributed by atoms with Crippen molar-refractivity contribution < 1.29 is 19.8 Å². The number of carboxylic acids is 1. The summed E-state index contributed by atoms with van der Waals surface area (Å²) in [4.78, 5) is 23.4. The molecule has 0 saturated carbocycles. The van der Waals surface area contributed by atoms with E-state index in [0.717, 1.165) is 17.7 Å². The molecule has 0 aromatic carbocycles. The molecule has 0 bridgehead atoms. The maximum absolute atomic E-state index is 11.7. The first-order chi connectivity index (χ1) is 9.08. The van der Waals surface area contributed by atoms with E-state index in [1.807, 2.05) is 24.4 Å². The zero-order chi connectivity index (χ0) is 14.3. The van der Waals surface area contributed by atoms with Gasteiger partial charge in [0.15, 0.2) is 6.04 Å². The van der Waals surface area contributed by atoms with E-state index in [1.54, 1.807) is 0 Å². The molecule has 7 heteroatoms. The van der Waals surface area contributed by atoms with Crippen molar-refractivity contribution in [1.82, 2.24) is 10.6 Å². The van der Waals surface area contributed by atoms with Crippen molar-refractivity contribution in [3.05, 3.63) is 22.4 Å². The van der Waals surface area contributed by atoms with Gasteiger partial charge in [0.05, 0.1) is 12.6 Å². The second-order valence-electron chi connectivity index (χ2n) is 4.05. The van der Waals surface area contributed by atoms with Crippen LogP contribution < -0.4 is 10.6 Å². The van der Waals surface area contributed by atoms with Crippen LogP contribution in [0, 0.1) is 0 Å². The normalized spacial score (nSPS) is 13.6. The van der Waals surface area contributed by atoms with Gasteiger partial charge < -0.3 is 20.8 Å². The van der Waals surface area contributed by atoms with E-state index < -0.39 is 24.6 Å². The molecule has 2 amide bonds. The van der Waals surface area contributed by atoms with Crippen LogP contribution in [0.1, 0.15) is 30.7 Å². The van der Waals surface area contributed by atoms with Crippen molar-refractivity contribution in [2.45, 2.75) is 31.8 Å². The van der Waals surface area contributed by atoms with Crippen LogP contribution in [0.2, 0.25) is 0 Å². The third kappa shape index (κ3) is 4.88. The average Bonchev–Trinajstić information content (AvgIpc) is 2.88. The quantitative estimate of drug-likeness (QED) is 0.608. The van der Waals surface area contributed by atoms with Crippen molar-refractivity contribution in [3.63, 3.8) is 0 Å². The van der Waals surface area contributed by atoms with Crippen LogP contribution in [-0.4, -0.2) is 34.9 Å². The molecule has 2 atom stereocenters. The number of hydrogen-bond acceptors (Lipinski definition) is 4. The molecule has 1 aromatic rings. The Bertz CT molecular complexity index is 408. The Morgan fingerprint density at radius 3 is 2.63 bits per heavy atom. The Balaban J connectivity index is 2.59. The Kier molecular flexibility index (Phi) is 6.31. The highest BCUT2D eigenvalue weighted by Gasteiger charge is 2.21. The minimum Gasteiger partial charge on any atom is -0.480 e. The van der Waals surface area contributed by atoms with Crippen molar-refractivity contribution in [1.29, 1.82) is 0 Å². The number of carbonyl (C=O) groups is 2. The fourth-order valence-corrected chi connectivity index (χ4v) is 2.42. The maximum atomic E-state index is 11.7. The van der Waals surface area contributed by atoms with Gasteiger partial charge in [-0.05, 0) is 17.9 Å². The zero-order valence-corrected chi connectivity index (χ0v) is 11.4. The van der Waals surface area contributed by atoms with Crippen molar-refractivity contribution in [2.75, 3.05) is 6.61 Å². The van der Waals surface area contributed by atoms with Gasteiger partial charge in [-0.25, -0.2) is 9.59 Å². The topological polar surface area (TPSA) is 98.7 Å². The van der Waals surface area contributed by atoms with E-state index in [0.29, 0.717) is 0 Å². The molecule has 0 aliphatic heterocycles. The molecule has 1 rings (SSSR count). The number of amides is 2. The molecule has 1 heterocycles. The van der Waals surface area contributed by atoms with Gasteiger partial charge in [0.25, 0.3) is 0 Å². The van der Waals surface area contributed by atoms with Crippen LogP contribution in [0.5, 0.6) is 0 Å². The smallest absolute Gasteiger partial charge is 0.328 e. The Hall–Kier alpha value is -1.60. The largest absolute Gasteiger partial charge is 0.480 e. The zero-order valence-electron chi connectivity index (χ0n) is 10.6. The van der Waals surface area contributed by atoms with Crippen LogP contribution >= 0.6 is 11.3 Å². The molecule has 0 radical (unpaired) electrons. The van der Waals surface area contributed by atoms with Crippen molar-refractivity contribution in [2.24, 2.45) is 0 Å². The molecule has 0 fully saturated rings. The number of aliphatic carboxylic acids is 1. The van der Waals surface area contributed by atoms with Crippen LogP contribution in [-0.2, 0) is 4.79 Å². The second kappa shape index (κ2) is 7.75. The highest BCUT2D eigenvalue weighted by Crippen LogP contribution is 2.22. The lowest BCUT2D eigenvalue weighted by Gasteiger charge is -2.19. The van der Waals surface area contributed by atoms with Gasteiger partial charge in [-0.1, -0.05) is 19.4 Å². The summed E-state index contributed by atoms with van der Waals surface area (Å²) < 4.78 is 0. The number of nitrogens with one attached hydrogen (secondary N) is 2. The SMILES string of the molecule is CCCC(NC(=O)NC(CO)C(=O)O)c1cccs1. The van der Waals surface area contributed by atoms with E-state index >= 15 is 0 Å². The molecule has 0 aliphatic carbocycles. The first-order valence-electron chi connectivity index (χ1n) is 6.02. The van der Waals surface area contributed by atoms with Gasteiger partial charge in [-0.2, -0.15) is 0 Å². The highest BCUT2D eigenvalue weighted by atomic mass is 32.1. The Labute approximate surface area is 115 Å². The van der Waals surface area contributed by atoms with Gasteiger partial charge in [0.2, 0.25) is 0 Å². The van der Waals surface area contributed by atoms with E-state index in [4.69, 9.17) is 10.2 Å². The summed E-state index contributed by atoms with van der Waals surface area (Å²) in [7, 11) is 0. The molecule has 6 nitrogen and oxygen atoms in total. The van der Waals surface area contributed by atoms with E-state index in [1.165, 1.54) is 11.3 Å². The number of hydrogen-bond donors (Lipinski definition) is 4. The van der Waals surface area contributed by atoms with Gasteiger partial charge in [-0.15, -0.1) is 11.3 Å². The second-order valence-corrected chi connectivity index (χ2v) is 5.03. The minimum absolute atomic E-state index is 0.141. The van der Waals surface area contributed by atoms with E-state index in [2.05, 4.69) is 10.6 Å². The standard InChI is InChI=1S/C12H18N2O4S/c1-2-4-8(10-5-3-6-19-10)13-12(18)14-9(7-15)11(16)17/h3,5-6,8-9,15H,2,4,7H2,1H3,(H,16,17)(H2,13,14,18). The van der Waals surface area contributed by atoms with E-state index in [-0.39, 0.29) is 6.04 Å². The number of rotatable bonds is 7. The molecular formula is C12H18N2O4S. The number of aliphatic hydroxyl groups is 1. The summed E-state index contributed by atoms with van der Waals surface area (Å²) in [6.45, 7) is 1.37. The minimum atomic E-state index is -1.29. The number of carbonyl (C=O) groups excluding carboxylic acids is 1. The van der Waals surface area contributed by atoms with Crippen molar-refractivity contribution in [3.8, 4) is 0 Å². The summed E-state index contributed by atoms with van der Waals surface area (Å²) >= 11 is 1.54. The van der Waals surface area contributed by atoms with Crippen LogP contribution in [0.15, 0.2) is 17.5 Å². The summed E-state index contributed by atoms with van der Waals surface area (Å²) in [6.07, 6.45) is 1.66. The molecular weight excluding hydrogens is 268 g/mol. The monoisotopic (exact) mass is 286 g/mol. The third-order valence-electron chi connectivity index (χ3n) is 2.56. The predicted octanol–water partition coefficient (Wildman–Crippen LogP) is 1.33. The van der Waals surface area contributed by atoms with Crippen molar-refractivity contribution >= 4 is 23.3 Å². The summed E-state index contributed by atoms with van der Waals surface area (Å²) in [5, 5.41) is 24.5. The summed E-state index contributed by atoms with van der Waals surface area (Å²) in [6, 6.07) is 1.80. The molecule has 0 spiro atoms. The lowest BCUT2D eigenvalue weighted by molar-refractivity contribution is -0.140. The fourth-order valence-electron chi connectivity index (χ4n) is 1.61.